The van der Waals surface area contributed by atoms with Gasteiger partial charge in [-0.15, -0.1) is 0 Å². The fraction of sp³-hybridized carbons (Fsp3) is 0.242. The molecule has 6 rings (SSSR count). The van der Waals surface area contributed by atoms with Crippen molar-refractivity contribution in [3.63, 3.8) is 0 Å². The topological polar surface area (TPSA) is 114 Å². The normalized spacial score (nSPS) is 14.2. The second-order valence-corrected chi connectivity index (χ2v) is 11.5. The van der Waals surface area contributed by atoms with Gasteiger partial charge in [-0.1, -0.05) is 65.7 Å². The minimum atomic E-state index is -0.659. The predicted octanol–water partition coefficient (Wildman–Crippen LogP) is 6.15. The van der Waals surface area contributed by atoms with Crippen molar-refractivity contribution in [3.8, 4) is 17.1 Å². The summed E-state index contributed by atoms with van der Waals surface area (Å²) in [6, 6.07) is 24.5. The lowest BCUT2D eigenvalue weighted by atomic mass is 9.81. The second kappa shape index (κ2) is 13.1. The number of hydrogen-bond acceptors (Lipinski definition) is 7. The number of carbonyl (C=O) groups excluding carboxylic acids is 2. The lowest BCUT2D eigenvalue weighted by Crippen LogP contribution is -2.56. The fourth-order valence-corrected chi connectivity index (χ4v) is 6.09. The molecule has 12 heteroatoms. The molecule has 0 radical (unpaired) electrons. The first-order valence-corrected chi connectivity index (χ1v) is 15.4. The molecule has 0 aliphatic carbocycles. The van der Waals surface area contributed by atoms with Crippen molar-refractivity contribution >= 4 is 52.2 Å². The lowest BCUT2D eigenvalue weighted by Gasteiger charge is -2.43. The maximum atomic E-state index is 13.0. The number of amides is 2. The molecule has 3 heterocycles. The quantitative estimate of drug-likeness (QED) is 0.195. The Morgan fingerprint density at radius 2 is 1.64 bits per heavy atom. The number of halogens is 2. The van der Waals surface area contributed by atoms with Gasteiger partial charge < -0.3 is 20.3 Å². The van der Waals surface area contributed by atoms with Crippen molar-refractivity contribution in [2.75, 3.05) is 31.1 Å². The summed E-state index contributed by atoms with van der Waals surface area (Å²) in [4.78, 5) is 41.4. The van der Waals surface area contributed by atoms with Gasteiger partial charge in [0.25, 0.3) is 0 Å². The largest absolute Gasteiger partial charge is 0.465 e. The average Bonchev–Trinajstić information content (AvgIpc) is 3.45. The van der Waals surface area contributed by atoms with E-state index >= 15 is 0 Å². The van der Waals surface area contributed by atoms with Crippen LogP contribution in [0.3, 0.4) is 0 Å². The number of aromatic nitrogens is 4. The molecule has 3 aromatic carbocycles. The first-order chi connectivity index (χ1) is 21.9. The molecule has 0 atom stereocenters. The summed E-state index contributed by atoms with van der Waals surface area (Å²) in [5, 5.41) is 6.98. The van der Waals surface area contributed by atoms with Gasteiger partial charge in [-0.05, 0) is 61.7 Å². The first kappa shape index (κ1) is 30.4. The first-order valence-electron chi connectivity index (χ1n) is 14.6. The van der Waals surface area contributed by atoms with Gasteiger partial charge in [-0.25, -0.2) is 19.7 Å². The molecule has 1 fully saturated rings. The number of fused-ring (bicyclic) bond motifs is 1. The number of rotatable bonds is 8. The molecule has 2 aromatic heterocycles. The van der Waals surface area contributed by atoms with E-state index in [4.69, 9.17) is 37.9 Å². The molecule has 1 aliphatic rings. The molecule has 0 saturated carbocycles. The Morgan fingerprint density at radius 1 is 0.933 bits per heavy atom. The summed E-state index contributed by atoms with van der Waals surface area (Å²) in [6.45, 7) is 2.92. The van der Waals surface area contributed by atoms with Gasteiger partial charge >= 0.3 is 12.0 Å². The highest BCUT2D eigenvalue weighted by molar-refractivity contribution is 6.33. The van der Waals surface area contributed by atoms with Crippen LogP contribution in [-0.2, 0) is 15.1 Å². The van der Waals surface area contributed by atoms with Gasteiger partial charge in [0.15, 0.2) is 17.0 Å². The third-order valence-electron chi connectivity index (χ3n) is 7.92. The number of nitrogens with one attached hydrogen (secondary N) is 2. The van der Waals surface area contributed by atoms with Crippen molar-refractivity contribution in [2.45, 2.75) is 25.3 Å². The highest BCUT2D eigenvalue weighted by atomic mass is 35.5. The van der Waals surface area contributed by atoms with Gasteiger partial charge in [-0.3, -0.25) is 9.36 Å². The molecular weight excluding hydrogens is 613 g/mol. The molecule has 45 heavy (non-hydrogen) atoms. The van der Waals surface area contributed by atoms with E-state index in [-0.39, 0.29) is 13.2 Å². The van der Waals surface area contributed by atoms with Crippen LogP contribution in [0.25, 0.3) is 28.2 Å². The fourth-order valence-electron chi connectivity index (χ4n) is 5.74. The minimum absolute atomic E-state index is 0.209. The molecule has 0 bridgehead atoms. The summed E-state index contributed by atoms with van der Waals surface area (Å²) in [5.74, 6) is 0.836. The van der Waals surface area contributed by atoms with Crippen LogP contribution in [-0.4, -0.2) is 57.8 Å². The highest BCUT2D eigenvalue weighted by Gasteiger charge is 2.39. The maximum absolute atomic E-state index is 13.0. The summed E-state index contributed by atoms with van der Waals surface area (Å²) < 4.78 is 6.91. The monoisotopic (exact) mass is 643 g/mol. The van der Waals surface area contributed by atoms with Gasteiger partial charge in [0.1, 0.15) is 18.7 Å². The Balaban J connectivity index is 1.34. The molecule has 1 aliphatic heterocycles. The number of carbonyl (C=O) groups is 2. The van der Waals surface area contributed by atoms with E-state index in [0.29, 0.717) is 58.8 Å². The summed E-state index contributed by atoms with van der Waals surface area (Å²) >= 11 is 12.9. The third kappa shape index (κ3) is 6.29. The van der Waals surface area contributed by atoms with E-state index in [9.17, 15) is 9.59 Å². The maximum Gasteiger partial charge on any atom is 0.325 e. The zero-order valence-corrected chi connectivity index (χ0v) is 26.1. The van der Waals surface area contributed by atoms with Crippen molar-refractivity contribution in [1.82, 2.24) is 30.2 Å². The van der Waals surface area contributed by atoms with Crippen LogP contribution in [0.15, 0.2) is 85.2 Å². The van der Waals surface area contributed by atoms with Crippen LogP contribution in [0.4, 0.5) is 10.6 Å². The third-order valence-corrected chi connectivity index (χ3v) is 8.50. The number of esters is 1. The van der Waals surface area contributed by atoms with Crippen LogP contribution in [0.1, 0.15) is 25.3 Å². The van der Waals surface area contributed by atoms with Crippen LogP contribution in [0, 0.1) is 0 Å². The smallest absolute Gasteiger partial charge is 0.325 e. The Bertz CT molecular complexity index is 1820. The molecule has 0 spiro atoms. The van der Waals surface area contributed by atoms with Gasteiger partial charge in [-0.2, -0.15) is 0 Å². The molecule has 1 saturated heterocycles. The van der Waals surface area contributed by atoms with Crippen LogP contribution in [0.5, 0.6) is 0 Å². The molecular formula is C33H31Cl2N7O3. The standard InChI is InChI=1S/C33H31Cl2N7O3/c1-2-45-27(43)20-36-32(44)40-33(22-8-4-3-5-9-22)16-18-41(19-17-33)30-28-31(38-21-37-30)42(24-14-12-23(34)13-15-24)29(39-28)25-10-6-7-11-26(25)35/h3-15,21H,2,16-20H2,1H3,(H2,36,40,44). The summed E-state index contributed by atoms with van der Waals surface area (Å²) in [6.07, 6.45) is 2.72. The Hall–Kier alpha value is -4.67. The minimum Gasteiger partial charge on any atom is -0.465 e. The van der Waals surface area contributed by atoms with Gasteiger partial charge in [0, 0.05) is 29.4 Å². The van der Waals surface area contributed by atoms with Crippen molar-refractivity contribution in [2.24, 2.45) is 0 Å². The number of hydrogen-bond donors (Lipinski definition) is 2. The number of benzene rings is 3. The van der Waals surface area contributed by atoms with E-state index in [1.54, 1.807) is 13.3 Å². The second-order valence-electron chi connectivity index (χ2n) is 10.6. The molecule has 2 N–H and O–H groups in total. The molecule has 5 aromatic rings. The Kier molecular flexibility index (Phi) is 8.86. The molecule has 230 valence electrons. The van der Waals surface area contributed by atoms with Crippen molar-refractivity contribution in [3.05, 3.63) is 101 Å². The van der Waals surface area contributed by atoms with E-state index in [0.717, 1.165) is 16.8 Å². The number of imidazole rings is 1. The number of nitrogens with zero attached hydrogens (tertiary/aromatic N) is 5. The van der Waals surface area contributed by atoms with Crippen molar-refractivity contribution < 1.29 is 14.3 Å². The van der Waals surface area contributed by atoms with Crippen LogP contribution >= 0.6 is 23.2 Å². The highest BCUT2D eigenvalue weighted by Crippen LogP contribution is 2.38. The van der Waals surface area contributed by atoms with E-state index < -0.39 is 17.5 Å². The number of urea groups is 1. The number of ether oxygens (including phenoxy) is 1. The number of anilines is 1. The Morgan fingerprint density at radius 3 is 2.36 bits per heavy atom. The van der Waals surface area contributed by atoms with E-state index in [1.165, 1.54) is 0 Å². The Labute approximate surface area is 270 Å². The predicted molar refractivity (Wildman–Crippen MR) is 175 cm³/mol. The zero-order chi connectivity index (χ0) is 31.4. The summed E-state index contributed by atoms with van der Waals surface area (Å²) in [7, 11) is 0. The summed E-state index contributed by atoms with van der Waals surface area (Å²) in [5.41, 5.74) is 3.19. The van der Waals surface area contributed by atoms with Crippen LogP contribution < -0.4 is 15.5 Å². The molecule has 10 nitrogen and oxygen atoms in total. The average molecular weight is 645 g/mol. The van der Waals surface area contributed by atoms with E-state index in [1.807, 2.05) is 83.4 Å². The van der Waals surface area contributed by atoms with Gasteiger partial charge in [0.2, 0.25) is 0 Å². The van der Waals surface area contributed by atoms with Gasteiger partial charge in [0.05, 0.1) is 17.2 Å². The zero-order valence-electron chi connectivity index (χ0n) is 24.5. The van der Waals surface area contributed by atoms with E-state index in [2.05, 4.69) is 20.5 Å². The van der Waals surface area contributed by atoms with Crippen LogP contribution in [0.2, 0.25) is 10.0 Å². The number of piperidine rings is 1. The molecule has 2 amide bonds. The molecule has 0 unspecified atom stereocenters. The SMILES string of the molecule is CCOC(=O)CNC(=O)NC1(c2ccccc2)CCN(c2ncnc3c2nc(-c2ccccc2Cl)n3-c2ccc(Cl)cc2)CC1. The van der Waals surface area contributed by atoms with Crippen molar-refractivity contribution in [1.29, 1.82) is 0 Å². The lowest BCUT2D eigenvalue weighted by molar-refractivity contribution is -0.141.